The Morgan fingerprint density at radius 2 is 1.84 bits per heavy atom. The first-order valence-corrected chi connectivity index (χ1v) is 5.82. The van der Waals surface area contributed by atoms with E-state index in [2.05, 4.69) is 31.4 Å². The second kappa shape index (κ2) is 5.27. The van der Waals surface area contributed by atoms with Crippen molar-refractivity contribution >= 4 is 33.3 Å². The van der Waals surface area contributed by atoms with Crippen LogP contribution < -0.4 is 11.1 Å². The number of carbonyl (C=O) groups is 1. The van der Waals surface area contributed by atoms with E-state index in [-0.39, 0.29) is 16.0 Å². The van der Waals surface area contributed by atoms with Gasteiger partial charge < -0.3 is 11.1 Å². The van der Waals surface area contributed by atoms with E-state index in [0.717, 1.165) is 12.1 Å². The van der Waals surface area contributed by atoms with Gasteiger partial charge in [0.2, 0.25) is 0 Å². The number of halogens is 3. The van der Waals surface area contributed by atoms with Crippen LogP contribution in [0.3, 0.4) is 0 Å². The van der Waals surface area contributed by atoms with Crippen molar-refractivity contribution in [2.45, 2.75) is 0 Å². The summed E-state index contributed by atoms with van der Waals surface area (Å²) in [6, 6.07) is 4.73. The molecule has 1 heterocycles. The first-order chi connectivity index (χ1) is 8.97. The highest BCUT2D eigenvalue weighted by molar-refractivity contribution is 9.10. The third-order valence-electron chi connectivity index (χ3n) is 2.16. The first kappa shape index (κ1) is 13.3. The maximum absolute atomic E-state index is 13.5. The molecule has 2 aromatic rings. The summed E-state index contributed by atoms with van der Waals surface area (Å²) < 4.78 is 27.3. The van der Waals surface area contributed by atoms with E-state index in [1.807, 2.05) is 0 Å². The third-order valence-corrected chi connectivity index (χ3v) is 2.62. The van der Waals surface area contributed by atoms with Crippen molar-refractivity contribution in [3.05, 3.63) is 46.1 Å². The smallest absolute Gasteiger partial charge is 0.276 e. The number of rotatable bonds is 2. The minimum Gasteiger partial charge on any atom is -0.382 e. The highest BCUT2D eigenvalue weighted by atomic mass is 79.9. The minimum atomic E-state index is -0.899. The summed E-state index contributed by atoms with van der Waals surface area (Å²) in [6.07, 6.45) is 0. The number of nitrogen functional groups attached to an aromatic ring is 1. The summed E-state index contributed by atoms with van der Waals surface area (Å²) in [5, 5.41) is 9.07. The number of nitrogens with one attached hydrogen (secondary N) is 1. The highest BCUT2D eigenvalue weighted by Gasteiger charge is 2.15. The summed E-state index contributed by atoms with van der Waals surface area (Å²) in [5.74, 6) is -2.45. The molecule has 19 heavy (non-hydrogen) atoms. The van der Waals surface area contributed by atoms with Gasteiger partial charge in [0.15, 0.2) is 17.3 Å². The lowest BCUT2D eigenvalue weighted by molar-refractivity contribution is 0.102. The van der Waals surface area contributed by atoms with E-state index < -0.39 is 23.2 Å². The quantitative estimate of drug-likeness (QED) is 0.886. The van der Waals surface area contributed by atoms with E-state index in [0.29, 0.717) is 0 Å². The van der Waals surface area contributed by atoms with E-state index in [9.17, 15) is 13.6 Å². The van der Waals surface area contributed by atoms with Crippen molar-refractivity contribution < 1.29 is 13.6 Å². The number of benzene rings is 1. The molecule has 98 valence electrons. The summed E-state index contributed by atoms with van der Waals surface area (Å²) in [6.45, 7) is 0. The van der Waals surface area contributed by atoms with Crippen molar-refractivity contribution in [1.29, 1.82) is 0 Å². The Kier molecular flexibility index (Phi) is 3.70. The zero-order valence-electron chi connectivity index (χ0n) is 9.32. The van der Waals surface area contributed by atoms with Crippen molar-refractivity contribution in [2.24, 2.45) is 0 Å². The molecular weight excluding hydrogens is 322 g/mol. The molecule has 0 aliphatic rings. The average molecular weight is 329 g/mol. The third kappa shape index (κ3) is 3.02. The largest absolute Gasteiger partial charge is 0.382 e. The van der Waals surface area contributed by atoms with Gasteiger partial charge in [-0.15, -0.1) is 10.2 Å². The normalized spacial score (nSPS) is 10.3. The number of nitrogens with zero attached hydrogens (tertiary/aromatic N) is 2. The molecule has 0 fully saturated rings. The van der Waals surface area contributed by atoms with Crippen molar-refractivity contribution in [1.82, 2.24) is 10.2 Å². The van der Waals surface area contributed by atoms with Crippen molar-refractivity contribution in [3.63, 3.8) is 0 Å². The second-order valence-electron chi connectivity index (χ2n) is 3.54. The number of aromatic nitrogens is 2. The summed E-state index contributed by atoms with van der Waals surface area (Å²) in [7, 11) is 0. The summed E-state index contributed by atoms with van der Waals surface area (Å²) in [4.78, 5) is 11.7. The fraction of sp³-hybridized carbons (Fsp3) is 0. The predicted molar refractivity (Wildman–Crippen MR) is 68.5 cm³/mol. The number of carbonyl (C=O) groups excluding carboxylic acids is 1. The molecule has 1 aromatic heterocycles. The Balaban J connectivity index is 2.26. The molecule has 0 spiro atoms. The molecule has 2 rings (SSSR count). The number of hydrogen-bond acceptors (Lipinski definition) is 4. The average Bonchev–Trinajstić information content (AvgIpc) is 2.34. The van der Waals surface area contributed by atoms with Gasteiger partial charge in [-0.05, 0) is 24.3 Å². The monoisotopic (exact) mass is 328 g/mol. The molecule has 0 aliphatic heterocycles. The molecule has 8 heteroatoms. The Morgan fingerprint density at radius 3 is 2.37 bits per heavy atom. The number of nitrogens with two attached hydrogens (primary N) is 1. The van der Waals surface area contributed by atoms with Gasteiger partial charge in [-0.3, -0.25) is 4.79 Å². The van der Waals surface area contributed by atoms with Gasteiger partial charge in [0.1, 0.15) is 11.5 Å². The fourth-order valence-corrected chi connectivity index (χ4v) is 1.70. The Hall–Kier alpha value is -2.09. The van der Waals surface area contributed by atoms with Crippen LogP contribution in [0.5, 0.6) is 0 Å². The molecule has 0 saturated heterocycles. The molecule has 0 atom stereocenters. The molecule has 1 aromatic carbocycles. The Morgan fingerprint density at radius 1 is 1.21 bits per heavy atom. The van der Waals surface area contributed by atoms with E-state index >= 15 is 0 Å². The van der Waals surface area contributed by atoms with Crippen LogP contribution in [0.25, 0.3) is 0 Å². The molecule has 0 saturated carbocycles. The summed E-state index contributed by atoms with van der Waals surface area (Å²) >= 11 is 2.94. The van der Waals surface area contributed by atoms with E-state index in [1.54, 1.807) is 0 Å². The Labute approximate surface area is 115 Å². The molecular formula is C11H7BrF2N4O. The van der Waals surface area contributed by atoms with Crippen LogP contribution in [0.15, 0.2) is 28.7 Å². The zero-order valence-corrected chi connectivity index (χ0v) is 10.9. The SMILES string of the molecule is Nc1ccc(C(=O)Nc2c(F)cc(Br)cc2F)nn1. The molecule has 3 N–H and O–H groups in total. The molecule has 0 bridgehead atoms. The molecule has 0 aliphatic carbocycles. The number of hydrogen-bond donors (Lipinski definition) is 2. The predicted octanol–water partition coefficient (Wildman–Crippen LogP) is 2.35. The molecule has 0 radical (unpaired) electrons. The fourth-order valence-electron chi connectivity index (χ4n) is 1.30. The van der Waals surface area contributed by atoms with Gasteiger partial charge in [0.05, 0.1) is 0 Å². The molecule has 5 nitrogen and oxygen atoms in total. The second-order valence-corrected chi connectivity index (χ2v) is 4.46. The Bertz CT molecular complexity index is 610. The number of anilines is 2. The lowest BCUT2D eigenvalue weighted by atomic mass is 10.2. The maximum atomic E-state index is 13.5. The lowest BCUT2D eigenvalue weighted by Gasteiger charge is -2.07. The van der Waals surface area contributed by atoms with E-state index in [4.69, 9.17) is 5.73 Å². The van der Waals surface area contributed by atoms with Crippen molar-refractivity contribution in [2.75, 3.05) is 11.1 Å². The highest BCUT2D eigenvalue weighted by Crippen LogP contribution is 2.24. The van der Waals surface area contributed by atoms with Crippen LogP contribution >= 0.6 is 15.9 Å². The standard InChI is InChI=1S/C11H7BrF2N4O/c12-5-3-6(13)10(7(14)4-5)16-11(19)8-1-2-9(15)18-17-8/h1-4H,(H2,15,18)(H,16,19). The first-order valence-electron chi connectivity index (χ1n) is 5.02. The lowest BCUT2D eigenvalue weighted by Crippen LogP contribution is -2.16. The van der Waals surface area contributed by atoms with Gasteiger partial charge in [-0.1, -0.05) is 15.9 Å². The van der Waals surface area contributed by atoms with Gasteiger partial charge in [0.25, 0.3) is 5.91 Å². The maximum Gasteiger partial charge on any atom is 0.276 e. The van der Waals surface area contributed by atoms with Crippen LogP contribution in [-0.2, 0) is 0 Å². The van der Waals surface area contributed by atoms with Gasteiger partial charge in [-0.2, -0.15) is 0 Å². The van der Waals surface area contributed by atoms with Crippen molar-refractivity contribution in [3.8, 4) is 0 Å². The van der Waals surface area contributed by atoms with Crippen LogP contribution in [0, 0.1) is 11.6 Å². The zero-order chi connectivity index (χ0) is 14.0. The molecule has 0 unspecified atom stereocenters. The van der Waals surface area contributed by atoms with Gasteiger partial charge >= 0.3 is 0 Å². The van der Waals surface area contributed by atoms with Gasteiger partial charge in [0, 0.05) is 4.47 Å². The minimum absolute atomic E-state index is 0.101. The summed E-state index contributed by atoms with van der Waals surface area (Å²) in [5.41, 5.74) is 4.66. The van der Waals surface area contributed by atoms with E-state index in [1.165, 1.54) is 12.1 Å². The van der Waals surface area contributed by atoms with Crippen LogP contribution in [0.1, 0.15) is 10.5 Å². The van der Waals surface area contributed by atoms with Crippen LogP contribution in [0.2, 0.25) is 0 Å². The molecule has 1 amide bonds. The number of amides is 1. The van der Waals surface area contributed by atoms with Crippen LogP contribution in [0.4, 0.5) is 20.3 Å². The van der Waals surface area contributed by atoms with Crippen LogP contribution in [-0.4, -0.2) is 16.1 Å². The topological polar surface area (TPSA) is 80.9 Å². The van der Waals surface area contributed by atoms with Gasteiger partial charge in [-0.25, -0.2) is 8.78 Å².